The van der Waals surface area contributed by atoms with Crippen molar-refractivity contribution in [2.24, 2.45) is 0 Å². The summed E-state index contributed by atoms with van der Waals surface area (Å²) < 4.78 is 5.74. The molecule has 1 amide bonds. The van der Waals surface area contributed by atoms with E-state index in [0.717, 1.165) is 34.8 Å². The Morgan fingerprint density at radius 1 is 1.32 bits per heavy atom. The van der Waals surface area contributed by atoms with Gasteiger partial charge in [0.1, 0.15) is 4.88 Å². The highest BCUT2D eigenvalue weighted by molar-refractivity contribution is 7.99. The summed E-state index contributed by atoms with van der Waals surface area (Å²) in [6.07, 6.45) is 3.19. The molecule has 0 saturated heterocycles. The average Bonchev–Trinajstić information content (AvgIpc) is 3.30. The van der Waals surface area contributed by atoms with E-state index < -0.39 is 0 Å². The van der Waals surface area contributed by atoms with Crippen molar-refractivity contribution < 1.29 is 9.21 Å². The van der Waals surface area contributed by atoms with Crippen molar-refractivity contribution >= 4 is 29.0 Å². The predicted molar refractivity (Wildman–Crippen MR) is 110 cm³/mol. The Morgan fingerprint density at radius 3 is 2.93 bits per heavy atom. The largest absolute Gasteiger partial charge is 0.410 e. The fourth-order valence-corrected chi connectivity index (χ4v) is 5.15. The van der Waals surface area contributed by atoms with Crippen molar-refractivity contribution in [3.63, 3.8) is 0 Å². The number of fused-ring (bicyclic) bond motifs is 1. The number of nitrogens with zero attached hydrogens (tertiary/aromatic N) is 4. The molecule has 0 bridgehead atoms. The van der Waals surface area contributed by atoms with Crippen LogP contribution in [0.3, 0.4) is 0 Å². The number of thiazole rings is 1. The quantitative estimate of drug-likeness (QED) is 0.575. The molecule has 4 rings (SSSR count). The normalized spacial score (nSPS) is 16.0. The standard InChI is InChI=1S/C20H22N4O2S2/c1-12-18(28-13(2)21-12)19-22-23-20(26-19)27-11-17(25)24(3)16-10-6-8-14-7-4-5-9-15(14)16/h4-5,7,9,16H,6,8,10-11H2,1-3H3. The van der Waals surface area contributed by atoms with E-state index in [-0.39, 0.29) is 17.7 Å². The van der Waals surface area contributed by atoms with E-state index in [0.29, 0.717) is 11.1 Å². The van der Waals surface area contributed by atoms with E-state index in [9.17, 15) is 4.79 Å². The molecule has 0 N–H and O–H groups in total. The monoisotopic (exact) mass is 414 g/mol. The van der Waals surface area contributed by atoms with Crippen LogP contribution in [0.1, 0.15) is 40.7 Å². The second-order valence-electron chi connectivity index (χ2n) is 6.92. The van der Waals surface area contributed by atoms with Crippen LogP contribution >= 0.6 is 23.1 Å². The first kappa shape index (κ1) is 19.1. The van der Waals surface area contributed by atoms with E-state index in [1.54, 1.807) is 0 Å². The van der Waals surface area contributed by atoms with Gasteiger partial charge in [-0.3, -0.25) is 4.79 Å². The minimum absolute atomic E-state index is 0.0660. The molecule has 1 aromatic carbocycles. The van der Waals surface area contributed by atoms with Gasteiger partial charge in [0.15, 0.2) is 0 Å². The molecule has 0 fully saturated rings. The molecule has 1 aliphatic rings. The molecule has 6 nitrogen and oxygen atoms in total. The van der Waals surface area contributed by atoms with Crippen LogP contribution in [0.2, 0.25) is 0 Å². The van der Waals surface area contributed by atoms with Gasteiger partial charge >= 0.3 is 0 Å². The topological polar surface area (TPSA) is 72.1 Å². The molecule has 146 valence electrons. The van der Waals surface area contributed by atoms with Gasteiger partial charge in [0.05, 0.1) is 22.5 Å². The third-order valence-corrected chi connectivity index (χ3v) is 6.89. The maximum Gasteiger partial charge on any atom is 0.277 e. The summed E-state index contributed by atoms with van der Waals surface area (Å²) in [7, 11) is 1.89. The van der Waals surface area contributed by atoms with Gasteiger partial charge in [-0.15, -0.1) is 21.5 Å². The van der Waals surface area contributed by atoms with E-state index in [1.165, 1.54) is 34.2 Å². The van der Waals surface area contributed by atoms with Gasteiger partial charge in [-0.1, -0.05) is 36.0 Å². The summed E-state index contributed by atoms with van der Waals surface area (Å²) in [4.78, 5) is 19.9. The first-order chi connectivity index (χ1) is 13.5. The minimum atomic E-state index is 0.0660. The van der Waals surface area contributed by atoms with Crippen LogP contribution < -0.4 is 0 Å². The second-order valence-corrected chi connectivity index (χ2v) is 9.05. The number of thioether (sulfide) groups is 1. The summed E-state index contributed by atoms with van der Waals surface area (Å²) >= 11 is 2.81. The molecule has 1 unspecified atom stereocenters. The first-order valence-corrected chi connectivity index (χ1v) is 11.1. The van der Waals surface area contributed by atoms with Crippen molar-refractivity contribution in [3.05, 3.63) is 46.1 Å². The lowest BCUT2D eigenvalue weighted by Gasteiger charge is -2.33. The highest BCUT2D eigenvalue weighted by atomic mass is 32.2. The van der Waals surface area contributed by atoms with Crippen molar-refractivity contribution in [3.8, 4) is 10.8 Å². The number of aryl methyl sites for hydroxylation is 3. The van der Waals surface area contributed by atoms with Crippen LogP contribution in [0.15, 0.2) is 33.9 Å². The second kappa shape index (κ2) is 8.05. The number of hydrogen-bond donors (Lipinski definition) is 0. The van der Waals surface area contributed by atoms with Gasteiger partial charge in [-0.05, 0) is 44.2 Å². The zero-order valence-electron chi connectivity index (χ0n) is 16.1. The van der Waals surface area contributed by atoms with E-state index in [1.807, 2.05) is 31.9 Å². The Balaban J connectivity index is 1.41. The van der Waals surface area contributed by atoms with Crippen LogP contribution in [-0.4, -0.2) is 38.8 Å². The molecule has 1 atom stereocenters. The first-order valence-electron chi connectivity index (χ1n) is 9.27. The number of carbonyl (C=O) groups excluding carboxylic acids is 1. The lowest BCUT2D eigenvalue weighted by Crippen LogP contribution is -2.34. The Kier molecular flexibility index (Phi) is 5.50. The Bertz CT molecular complexity index is 998. The van der Waals surface area contributed by atoms with E-state index in [2.05, 4.69) is 33.4 Å². The minimum Gasteiger partial charge on any atom is -0.410 e. The molecule has 8 heteroatoms. The van der Waals surface area contributed by atoms with Crippen molar-refractivity contribution in [2.45, 2.75) is 44.4 Å². The van der Waals surface area contributed by atoms with Crippen molar-refractivity contribution in [1.82, 2.24) is 20.1 Å². The molecule has 1 aliphatic carbocycles. The number of carbonyl (C=O) groups is 1. The molecule has 2 heterocycles. The Hall–Kier alpha value is -2.19. The highest BCUT2D eigenvalue weighted by Crippen LogP contribution is 2.34. The molecule has 0 aliphatic heterocycles. The fraction of sp³-hybridized carbons (Fsp3) is 0.400. The summed E-state index contributed by atoms with van der Waals surface area (Å²) in [6, 6.07) is 8.56. The third kappa shape index (κ3) is 3.84. The van der Waals surface area contributed by atoms with Gasteiger partial charge in [0.25, 0.3) is 11.1 Å². The smallest absolute Gasteiger partial charge is 0.277 e. The van der Waals surface area contributed by atoms with Gasteiger partial charge in [-0.25, -0.2) is 4.98 Å². The van der Waals surface area contributed by atoms with Crippen molar-refractivity contribution in [2.75, 3.05) is 12.8 Å². The number of aromatic nitrogens is 3. The number of rotatable bonds is 5. The fourth-order valence-electron chi connectivity index (χ4n) is 3.62. The lowest BCUT2D eigenvalue weighted by molar-refractivity contribution is -0.129. The molecule has 2 aromatic heterocycles. The average molecular weight is 415 g/mol. The molecule has 3 aromatic rings. The Labute approximate surface area is 172 Å². The third-order valence-electron chi connectivity index (χ3n) is 5.02. The van der Waals surface area contributed by atoms with Crippen molar-refractivity contribution in [1.29, 1.82) is 0 Å². The van der Waals surface area contributed by atoms with Crippen LogP contribution in [0, 0.1) is 13.8 Å². The molecule has 0 saturated carbocycles. The molecular formula is C20H22N4O2S2. The van der Waals surface area contributed by atoms with Gasteiger partial charge in [-0.2, -0.15) is 0 Å². The molecule has 0 radical (unpaired) electrons. The Morgan fingerprint density at radius 2 is 2.14 bits per heavy atom. The van der Waals surface area contributed by atoms with E-state index >= 15 is 0 Å². The van der Waals surface area contributed by atoms with Crippen LogP contribution in [0.5, 0.6) is 0 Å². The molecule has 0 spiro atoms. The van der Waals surface area contributed by atoms with Crippen LogP contribution in [0.4, 0.5) is 0 Å². The number of hydrogen-bond acceptors (Lipinski definition) is 7. The summed E-state index contributed by atoms with van der Waals surface area (Å²) in [6.45, 7) is 3.88. The van der Waals surface area contributed by atoms with Crippen LogP contribution in [-0.2, 0) is 11.2 Å². The summed E-state index contributed by atoms with van der Waals surface area (Å²) in [5, 5.41) is 9.56. The van der Waals surface area contributed by atoms with Crippen LogP contribution in [0.25, 0.3) is 10.8 Å². The molecular weight excluding hydrogens is 392 g/mol. The zero-order chi connectivity index (χ0) is 19.7. The predicted octanol–water partition coefficient (Wildman–Crippen LogP) is 4.44. The van der Waals surface area contributed by atoms with Gasteiger partial charge < -0.3 is 9.32 Å². The maximum absolute atomic E-state index is 12.8. The van der Waals surface area contributed by atoms with E-state index in [4.69, 9.17) is 4.42 Å². The van der Waals surface area contributed by atoms with Gasteiger partial charge in [0, 0.05) is 7.05 Å². The molecule has 28 heavy (non-hydrogen) atoms. The van der Waals surface area contributed by atoms with Gasteiger partial charge in [0.2, 0.25) is 5.91 Å². The summed E-state index contributed by atoms with van der Waals surface area (Å²) in [5.41, 5.74) is 3.50. The lowest BCUT2D eigenvalue weighted by atomic mass is 9.87. The summed E-state index contributed by atoms with van der Waals surface area (Å²) in [5.74, 6) is 0.807. The SMILES string of the molecule is Cc1nc(C)c(-c2nnc(SCC(=O)N(C)C3CCCc4ccccc43)o2)s1. The zero-order valence-corrected chi connectivity index (χ0v) is 17.8. The maximum atomic E-state index is 12.8. The number of amides is 1. The number of benzene rings is 1. The highest BCUT2D eigenvalue weighted by Gasteiger charge is 2.26.